The number of methoxy groups -OCH3 is 1. The van der Waals surface area contributed by atoms with Crippen molar-refractivity contribution < 1.29 is 19.0 Å². The zero-order valence-electron chi connectivity index (χ0n) is 20.7. The highest BCUT2D eigenvalue weighted by molar-refractivity contribution is 7.10. The van der Waals surface area contributed by atoms with Crippen LogP contribution < -0.4 is 20.6 Å². The first-order valence-electron chi connectivity index (χ1n) is 12.1. The highest BCUT2D eigenvalue weighted by atomic mass is 35.5. The molecule has 1 unspecified atom stereocenters. The molecule has 1 aliphatic heterocycles. The average molecular weight is 533 g/mol. The summed E-state index contributed by atoms with van der Waals surface area (Å²) in [5, 5.41) is 2.03. The molecule has 0 saturated heterocycles. The molecule has 2 N–H and O–H groups in total. The lowest BCUT2D eigenvalue weighted by atomic mass is 9.91. The van der Waals surface area contributed by atoms with Crippen molar-refractivity contribution in [3.63, 3.8) is 0 Å². The summed E-state index contributed by atoms with van der Waals surface area (Å²) in [6.07, 6.45) is 6.49. The Morgan fingerprint density at radius 3 is 2.67 bits per heavy atom. The van der Waals surface area contributed by atoms with Crippen molar-refractivity contribution >= 4 is 29.7 Å². The lowest BCUT2D eigenvalue weighted by molar-refractivity contribution is 0.0523. The van der Waals surface area contributed by atoms with Crippen molar-refractivity contribution in [2.75, 3.05) is 26.9 Å². The van der Waals surface area contributed by atoms with Crippen LogP contribution in [0.25, 0.3) is 11.3 Å². The maximum atomic E-state index is 12.9. The van der Waals surface area contributed by atoms with Crippen molar-refractivity contribution in [2.24, 2.45) is 5.73 Å². The predicted octanol–water partition coefficient (Wildman–Crippen LogP) is 5.23. The SMILES string of the molecule is CCOC(=O)c1cn2c(cc1=O)-c1cc(OC)c(OCCCCCCN)cc1CC2c1cccs1.Cl. The number of nitrogens with two attached hydrogens (primary N) is 1. The maximum absolute atomic E-state index is 12.9. The molecule has 194 valence electrons. The molecule has 36 heavy (non-hydrogen) atoms. The van der Waals surface area contributed by atoms with Crippen LogP contribution in [-0.2, 0) is 11.2 Å². The van der Waals surface area contributed by atoms with Crippen LogP contribution in [0.3, 0.4) is 0 Å². The molecule has 0 bridgehead atoms. The van der Waals surface area contributed by atoms with Crippen molar-refractivity contribution in [3.05, 3.63) is 68.1 Å². The summed E-state index contributed by atoms with van der Waals surface area (Å²) in [7, 11) is 1.62. The Bertz CT molecular complexity index is 1230. The van der Waals surface area contributed by atoms with Gasteiger partial charge in [0.1, 0.15) is 5.56 Å². The molecule has 0 amide bonds. The van der Waals surface area contributed by atoms with Gasteiger partial charge in [-0.3, -0.25) is 4.79 Å². The van der Waals surface area contributed by atoms with E-state index in [-0.39, 0.29) is 36.0 Å². The van der Waals surface area contributed by atoms with Crippen molar-refractivity contribution in [2.45, 2.75) is 45.1 Å². The topological polar surface area (TPSA) is 92.8 Å². The van der Waals surface area contributed by atoms with E-state index in [1.165, 1.54) is 6.07 Å². The van der Waals surface area contributed by atoms with Gasteiger partial charge in [-0.05, 0) is 61.9 Å². The molecular formula is C27H33ClN2O5S. The predicted molar refractivity (Wildman–Crippen MR) is 145 cm³/mol. The van der Waals surface area contributed by atoms with Crippen LogP contribution in [0, 0.1) is 0 Å². The van der Waals surface area contributed by atoms with E-state index >= 15 is 0 Å². The number of pyridine rings is 1. The first-order chi connectivity index (χ1) is 17.1. The molecular weight excluding hydrogens is 500 g/mol. The summed E-state index contributed by atoms with van der Waals surface area (Å²) in [5.74, 6) is 0.721. The molecule has 9 heteroatoms. The second-order valence-electron chi connectivity index (χ2n) is 8.51. The minimum absolute atomic E-state index is 0. The molecule has 2 aromatic heterocycles. The number of unbranched alkanes of at least 4 members (excludes halogenated alkanes) is 3. The average Bonchev–Trinajstić information content (AvgIpc) is 3.40. The number of esters is 1. The van der Waals surface area contributed by atoms with E-state index in [1.807, 2.05) is 28.1 Å². The summed E-state index contributed by atoms with van der Waals surface area (Å²) in [4.78, 5) is 26.5. The first-order valence-corrected chi connectivity index (χ1v) is 13.0. The van der Waals surface area contributed by atoms with Gasteiger partial charge in [0.25, 0.3) is 0 Å². The summed E-state index contributed by atoms with van der Waals surface area (Å²) in [6, 6.07) is 9.53. The monoisotopic (exact) mass is 532 g/mol. The third-order valence-corrected chi connectivity index (χ3v) is 7.19. The minimum Gasteiger partial charge on any atom is -0.493 e. The minimum atomic E-state index is -0.601. The fourth-order valence-electron chi connectivity index (χ4n) is 4.47. The normalized spacial score (nSPS) is 13.8. The Morgan fingerprint density at radius 2 is 1.97 bits per heavy atom. The van der Waals surface area contributed by atoms with Crippen LogP contribution in [0.15, 0.2) is 46.7 Å². The van der Waals surface area contributed by atoms with Crippen LogP contribution in [-0.4, -0.2) is 37.4 Å². The summed E-state index contributed by atoms with van der Waals surface area (Å²) in [5.41, 5.74) is 7.98. The van der Waals surface area contributed by atoms with Gasteiger partial charge in [-0.25, -0.2) is 4.79 Å². The third kappa shape index (κ3) is 5.94. The second-order valence-corrected chi connectivity index (χ2v) is 9.49. The van der Waals surface area contributed by atoms with Gasteiger partial charge in [-0.2, -0.15) is 0 Å². The fraction of sp³-hybridized carbons (Fsp3) is 0.407. The Labute approximate surface area is 221 Å². The van der Waals surface area contributed by atoms with Crippen molar-refractivity contribution in [1.29, 1.82) is 0 Å². The summed E-state index contributed by atoms with van der Waals surface area (Å²) >= 11 is 1.65. The van der Waals surface area contributed by atoms with E-state index in [1.54, 1.807) is 31.6 Å². The summed E-state index contributed by atoms with van der Waals surface area (Å²) in [6.45, 7) is 3.26. The number of carbonyl (C=O) groups is 1. The molecule has 0 fully saturated rings. The molecule has 0 radical (unpaired) electrons. The van der Waals surface area contributed by atoms with Gasteiger partial charge in [0.15, 0.2) is 16.9 Å². The fourth-order valence-corrected chi connectivity index (χ4v) is 5.30. The van der Waals surface area contributed by atoms with E-state index in [4.69, 9.17) is 19.9 Å². The highest BCUT2D eigenvalue weighted by Gasteiger charge is 2.29. The number of rotatable bonds is 11. The van der Waals surface area contributed by atoms with Gasteiger partial charge in [0.05, 0.1) is 32.1 Å². The Balaban J connectivity index is 0.00000361. The largest absolute Gasteiger partial charge is 0.493 e. The third-order valence-electron chi connectivity index (χ3n) is 6.22. The number of fused-ring (bicyclic) bond motifs is 3. The van der Waals surface area contributed by atoms with Gasteiger partial charge < -0.3 is 24.5 Å². The van der Waals surface area contributed by atoms with Crippen LogP contribution in [0.1, 0.15) is 59.4 Å². The number of benzene rings is 1. The van der Waals surface area contributed by atoms with Gasteiger partial charge in [-0.1, -0.05) is 18.9 Å². The van der Waals surface area contributed by atoms with E-state index in [9.17, 15) is 9.59 Å². The molecule has 1 aliphatic rings. The number of thiophene rings is 1. The Morgan fingerprint density at radius 1 is 1.17 bits per heavy atom. The van der Waals surface area contributed by atoms with E-state index in [0.717, 1.165) is 53.9 Å². The lowest BCUT2D eigenvalue weighted by Crippen LogP contribution is -2.26. The number of nitrogens with zero attached hydrogens (tertiary/aromatic N) is 1. The van der Waals surface area contributed by atoms with Gasteiger partial charge in [-0.15, -0.1) is 23.7 Å². The smallest absolute Gasteiger partial charge is 0.343 e. The number of carbonyl (C=O) groups excluding carboxylic acids is 1. The number of hydrogen-bond acceptors (Lipinski definition) is 7. The van der Waals surface area contributed by atoms with Crippen LogP contribution in [0.5, 0.6) is 11.5 Å². The molecule has 3 aromatic rings. The molecule has 4 rings (SSSR count). The second kappa shape index (κ2) is 12.9. The summed E-state index contributed by atoms with van der Waals surface area (Å²) < 4.78 is 18.9. The molecule has 0 saturated carbocycles. The van der Waals surface area contributed by atoms with Crippen LogP contribution in [0.2, 0.25) is 0 Å². The van der Waals surface area contributed by atoms with E-state index in [0.29, 0.717) is 24.5 Å². The van der Waals surface area contributed by atoms with Crippen molar-refractivity contribution in [3.8, 4) is 22.8 Å². The Hall–Kier alpha value is -2.81. The van der Waals surface area contributed by atoms with E-state index < -0.39 is 5.97 Å². The molecule has 3 heterocycles. The van der Waals surface area contributed by atoms with Crippen LogP contribution >= 0.6 is 23.7 Å². The maximum Gasteiger partial charge on any atom is 0.343 e. The lowest BCUT2D eigenvalue weighted by Gasteiger charge is -2.31. The van der Waals surface area contributed by atoms with Crippen molar-refractivity contribution in [1.82, 2.24) is 4.57 Å². The highest BCUT2D eigenvalue weighted by Crippen LogP contribution is 2.43. The van der Waals surface area contributed by atoms with Gasteiger partial charge in [0.2, 0.25) is 0 Å². The van der Waals surface area contributed by atoms with Gasteiger partial charge in [0, 0.05) is 22.7 Å². The standard InChI is InChI=1S/C27H32N2O5S.ClH/c1-3-33-27(31)20-17-29-21(16-23(20)30)19-15-24(32-2)25(34-11-7-5-4-6-10-28)14-18(19)13-22(29)26-9-8-12-35-26;/h8-9,12,14-17,22H,3-7,10-11,13,28H2,1-2H3;1H. The first kappa shape index (κ1) is 27.8. The number of hydrogen-bond donors (Lipinski definition) is 1. The molecule has 1 aromatic carbocycles. The molecule has 1 atom stereocenters. The Kier molecular flexibility index (Phi) is 9.98. The van der Waals surface area contributed by atoms with Crippen LogP contribution in [0.4, 0.5) is 0 Å². The molecule has 0 spiro atoms. The number of halogens is 1. The van der Waals surface area contributed by atoms with E-state index in [2.05, 4.69) is 6.07 Å². The van der Waals surface area contributed by atoms with Gasteiger partial charge >= 0.3 is 5.97 Å². The zero-order chi connectivity index (χ0) is 24.8. The number of ether oxygens (including phenoxy) is 3. The molecule has 0 aliphatic carbocycles. The molecule has 7 nitrogen and oxygen atoms in total. The quantitative estimate of drug-likeness (QED) is 0.268. The zero-order valence-corrected chi connectivity index (χ0v) is 22.3. The number of aromatic nitrogens is 1.